The number of benzene rings is 2. The highest BCUT2D eigenvalue weighted by molar-refractivity contribution is 9.10. The number of carbonyl (C=O) groups excluding carboxylic acids is 1. The molecule has 0 spiro atoms. The molecule has 2 aromatic rings. The molecule has 1 saturated carbocycles. The van der Waals surface area contributed by atoms with E-state index in [1.165, 1.54) is 0 Å². The largest absolute Gasteiger partial charge is 0.486 e. The van der Waals surface area contributed by atoms with Gasteiger partial charge in [0, 0.05) is 16.6 Å². The zero-order valence-corrected chi connectivity index (χ0v) is 15.1. The lowest BCUT2D eigenvalue weighted by molar-refractivity contribution is -0.118. The van der Waals surface area contributed by atoms with Crippen LogP contribution in [0.25, 0.3) is 0 Å². The number of amides is 1. The summed E-state index contributed by atoms with van der Waals surface area (Å²) in [4.78, 5) is 12.8. The number of ether oxygens (including phenoxy) is 2. The Labute approximate surface area is 153 Å². The first kappa shape index (κ1) is 15.8. The van der Waals surface area contributed by atoms with Crippen molar-refractivity contribution >= 4 is 39.1 Å². The van der Waals surface area contributed by atoms with Gasteiger partial charge in [0.15, 0.2) is 11.5 Å². The second kappa shape index (κ2) is 5.97. The molecule has 1 amide bonds. The molecule has 1 fully saturated rings. The Hall–Kier alpha value is -1.72. The second-order valence-corrected chi connectivity index (χ2v) is 7.34. The molecular weight excluding hydrogens is 394 g/mol. The predicted octanol–water partition coefficient (Wildman–Crippen LogP) is 4.54. The van der Waals surface area contributed by atoms with Gasteiger partial charge in [-0.25, -0.2) is 0 Å². The Bertz CT molecular complexity index is 803. The van der Waals surface area contributed by atoms with Crippen molar-refractivity contribution < 1.29 is 14.3 Å². The van der Waals surface area contributed by atoms with Crippen molar-refractivity contribution in [1.82, 2.24) is 0 Å². The van der Waals surface area contributed by atoms with E-state index >= 15 is 0 Å². The topological polar surface area (TPSA) is 47.6 Å². The van der Waals surface area contributed by atoms with Crippen molar-refractivity contribution in [1.29, 1.82) is 0 Å². The number of nitrogens with one attached hydrogen (secondary N) is 1. The molecule has 124 valence electrons. The van der Waals surface area contributed by atoms with Crippen LogP contribution in [0.2, 0.25) is 5.02 Å². The molecule has 0 unspecified atom stereocenters. The molecule has 6 heteroatoms. The van der Waals surface area contributed by atoms with Crippen LogP contribution in [0.1, 0.15) is 18.4 Å². The smallest absolute Gasteiger partial charge is 0.235 e. The molecule has 2 aromatic carbocycles. The van der Waals surface area contributed by atoms with E-state index in [-0.39, 0.29) is 5.91 Å². The van der Waals surface area contributed by atoms with E-state index in [1.54, 1.807) is 12.1 Å². The molecule has 1 heterocycles. The van der Waals surface area contributed by atoms with Crippen LogP contribution in [-0.2, 0) is 10.2 Å². The number of hydrogen-bond donors (Lipinski definition) is 1. The maximum atomic E-state index is 12.8. The van der Waals surface area contributed by atoms with Gasteiger partial charge in [0.05, 0.1) is 16.1 Å². The van der Waals surface area contributed by atoms with Gasteiger partial charge in [0.2, 0.25) is 5.91 Å². The van der Waals surface area contributed by atoms with Crippen LogP contribution >= 0.6 is 27.5 Å². The number of anilines is 1. The quantitative estimate of drug-likeness (QED) is 0.811. The zero-order valence-electron chi connectivity index (χ0n) is 12.8. The lowest BCUT2D eigenvalue weighted by Crippen LogP contribution is -2.28. The molecule has 4 nitrogen and oxygen atoms in total. The molecule has 4 rings (SSSR count). The van der Waals surface area contributed by atoms with Gasteiger partial charge >= 0.3 is 0 Å². The summed E-state index contributed by atoms with van der Waals surface area (Å²) in [5.74, 6) is 1.18. The van der Waals surface area contributed by atoms with Gasteiger partial charge in [0.1, 0.15) is 13.2 Å². The molecule has 0 aromatic heterocycles. The van der Waals surface area contributed by atoms with E-state index in [0.717, 1.165) is 22.9 Å². The van der Waals surface area contributed by atoms with E-state index < -0.39 is 5.41 Å². The molecule has 2 aliphatic rings. The number of fused-ring (bicyclic) bond motifs is 1. The molecular formula is C18H15BrClNO3. The zero-order chi connectivity index (χ0) is 16.7. The van der Waals surface area contributed by atoms with Gasteiger partial charge in [-0.05, 0) is 30.5 Å². The van der Waals surface area contributed by atoms with Gasteiger partial charge in [0.25, 0.3) is 0 Å². The number of halogens is 2. The molecule has 1 aliphatic heterocycles. The minimum atomic E-state index is -0.461. The Kier molecular flexibility index (Phi) is 3.93. The van der Waals surface area contributed by atoms with Gasteiger partial charge in [-0.15, -0.1) is 0 Å². The maximum Gasteiger partial charge on any atom is 0.235 e. The Morgan fingerprint density at radius 1 is 1.08 bits per heavy atom. The average Bonchev–Trinajstić information content (AvgIpc) is 3.38. The Morgan fingerprint density at radius 3 is 2.33 bits per heavy atom. The third-order valence-corrected chi connectivity index (χ3v) is 5.30. The number of carbonyl (C=O) groups is 1. The highest BCUT2D eigenvalue weighted by Gasteiger charge is 2.51. The summed E-state index contributed by atoms with van der Waals surface area (Å²) in [6.45, 7) is 0.993. The molecule has 1 aliphatic carbocycles. The minimum Gasteiger partial charge on any atom is -0.486 e. The third kappa shape index (κ3) is 2.76. The summed E-state index contributed by atoms with van der Waals surface area (Å²) < 4.78 is 12.1. The summed E-state index contributed by atoms with van der Waals surface area (Å²) >= 11 is 9.71. The van der Waals surface area contributed by atoms with Crippen molar-refractivity contribution in [2.75, 3.05) is 18.5 Å². The first-order valence-electron chi connectivity index (χ1n) is 7.75. The summed E-state index contributed by atoms with van der Waals surface area (Å²) in [5.41, 5.74) is 1.11. The lowest BCUT2D eigenvalue weighted by atomic mass is 9.95. The fraction of sp³-hybridized carbons (Fsp3) is 0.278. The predicted molar refractivity (Wildman–Crippen MR) is 96.1 cm³/mol. The number of hydrogen-bond acceptors (Lipinski definition) is 3. The van der Waals surface area contributed by atoms with Gasteiger partial charge in [-0.2, -0.15) is 0 Å². The molecule has 0 atom stereocenters. The van der Waals surface area contributed by atoms with E-state index in [4.69, 9.17) is 21.1 Å². The fourth-order valence-corrected chi connectivity index (χ4v) is 3.41. The minimum absolute atomic E-state index is 0.0385. The van der Waals surface area contributed by atoms with Crippen LogP contribution in [0.3, 0.4) is 0 Å². The van der Waals surface area contributed by atoms with E-state index in [9.17, 15) is 4.79 Å². The molecule has 0 bridgehead atoms. The van der Waals surface area contributed by atoms with E-state index in [1.807, 2.05) is 24.3 Å². The van der Waals surface area contributed by atoms with E-state index in [0.29, 0.717) is 35.4 Å². The second-order valence-electron chi connectivity index (χ2n) is 6.02. The monoisotopic (exact) mass is 407 g/mol. The van der Waals surface area contributed by atoms with Gasteiger partial charge in [-0.1, -0.05) is 39.7 Å². The van der Waals surface area contributed by atoms with Crippen molar-refractivity contribution in [3.05, 3.63) is 51.5 Å². The highest BCUT2D eigenvalue weighted by atomic mass is 79.9. The lowest BCUT2D eigenvalue weighted by Gasteiger charge is -2.21. The summed E-state index contributed by atoms with van der Waals surface area (Å²) in [6.07, 6.45) is 1.67. The highest BCUT2D eigenvalue weighted by Crippen LogP contribution is 2.49. The summed E-state index contributed by atoms with van der Waals surface area (Å²) in [5, 5.41) is 3.40. The molecule has 0 saturated heterocycles. The van der Waals surface area contributed by atoms with Gasteiger partial charge < -0.3 is 14.8 Å². The van der Waals surface area contributed by atoms with E-state index in [2.05, 4.69) is 21.2 Å². The average molecular weight is 409 g/mol. The maximum absolute atomic E-state index is 12.8. The normalized spacial score (nSPS) is 17.2. The fourth-order valence-electron chi connectivity index (χ4n) is 2.94. The molecule has 1 N–H and O–H groups in total. The number of rotatable bonds is 3. The van der Waals surface area contributed by atoms with Crippen LogP contribution in [0.5, 0.6) is 11.5 Å². The Balaban J connectivity index is 1.59. The summed E-state index contributed by atoms with van der Waals surface area (Å²) in [6, 6.07) is 11.3. The SMILES string of the molecule is O=C(Nc1cc2c(cc1Cl)OCCO2)C1(c2ccc(Br)cc2)CC1. The van der Waals surface area contributed by atoms with Crippen molar-refractivity contribution in [2.24, 2.45) is 0 Å². The van der Waals surface area contributed by atoms with Crippen LogP contribution < -0.4 is 14.8 Å². The van der Waals surface area contributed by atoms with Crippen LogP contribution in [0, 0.1) is 0 Å². The molecule has 0 radical (unpaired) electrons. The Morgan fingerprint density at radius 2 is 1.71 bits per heavy atom. The van der Waals surface area contributed by atoms with Crippen molar-refractivity contribution in [3.8, 4) is 11.5 Å². The third-order valence-electron chi connectivity index (χ3n) is 4.46. The first-order chi connectivity index (χ1) is 11.6. The van der Waals surface area contributed by atoms with Crippen LogP contribution in [0.15, 0.2) is 40.9 Å². The summed E-state index contributed by atoms with van der Waals surface area (Å²) in [7, 11) is 0. The first-order valence-corrected chi connectivity index (χ1v) is 8.92. The van der Waals surface area contributed by atoms with Crippen LogP contribution in [0.4, 0.5) is 5.69 Å². The molecule has 24 heavy (non-hydrogen) atoms. The van der Waals surface area contributed by atoms with Crippen molar-refractivity contribution in [2.45, 2.75) is 18.3 Å². The van der Waals surface area contributed by atoms with Crippen LogP contribution in [-0.4, -0.2) is 19.1 Å². The van der Waals surface area contributed by atoms with Gasteiger partial charge in [-0.3, -0.25) is 4.79 Å². The standard InChI is InChI=1S/C18H15BrClNO3/c19-12-3-1-11(2-4-12)18(5-6-18)17(22)21-14-10-16-15(9-13(14)20)23-7-8-24-16/h1-4,9-10H,5-8H2,(H,21,22). The van der Waals surface area contributed by atoms with Crippen molar-refractivity contribution in [3.63, 3.8) is 0 Å².